The average molecular weight is 372 g/mol. The van der Waals surface area contributed by atoms with E-state index in [9.17, 15) is 0 Å². The first-order valence-electron chi connectivity index (χ1n) is 6.34. The third-order valence-corrected chi connectivity index (χ3v) is 5.38. The number of hydrogen-bond acceptors (Lipinski definition) is 2. The molecule has 5 heteroatoms. The molecular weight excluding hydrogens is 359 g/mol. The molecule has 2 aromatic rings. The molecule has 1 unspecified atom stereocenters. The fourth-order valence-corrected chi connectivity index (χ4v) is 3.44. The van der Waals surface area contributed by atoms with Crippen molar-refractivity contribution in [1.29, 1.82) is 0 Å². The lowest BCUT2D eigenvalue weighted by Gasteiger charge is -2.17. The second-order valence-corrected chi connectivity index (χ2v) is 6.53. The summed E-state index contributed by atoms with van der Waals surface area (Å²) in [5.41, 5.74) is 10.1. The Morgan fingerprint density at radius 2 is 1.95 bits per heavy atom. The van der Waals surface area contributed by atoms with Crippen molar-refractivity contribution >= 4 is 50.5 Å². The Balaban J connectivity index is 1.90. The number of fused-ring (bicyclic) bond motifs is 1. The van der Waals surface area contributed by atoms with E-state index in [4.69, 9.17) is 28.9 Å². The molecule has 0 aliphatic heterocycles. The van der Waals surface area contributed by atoms with Crippen LogP contribution in [0.3, 0.4) is 0 Å². The Morgan fingerprint density at radius 1 is 1.15 bits per heavy atom. The van der Waals surface area contributed by atoms with Gasteiger partial charge in [-0.15, -0.1) is 0 Å². The minimum Gasteiger partial charge on any atom is -0.399 e. The van der Waals surface area contributed by atoms with Crippen molar-refractivity contribution in [2.75, 3.05) is 11.1 Å². The molecule has 0 saturated heterocycles. The largest absolute Gasteiger partial charge is 0.399 e. The summed E-state index contributed by atoms with van der Waals surface area (Å²) in [5.74, 6) is 0. The first-order valence-corrected chi connectivity index (χ1v) is 7.89. The summed E-state index contributed by atoms with van der Waals surface area (Å²) >= 11 is 15.8. The zero-order valence-electron chi connectivity index (χ0n) is 10.6. The van der Waals surface area contributed by atoms with E-state index in [0.717, 1.165) is 28.7 Å². The third-order valence-electron chi connectivity index (χ3n) is 3.61. The van der Waals surface area contributed by atoms with Crippen LogP contribution in [0.2, 0.25) is 10.0 Å². The van der Waals surface area contributed by atoms with Gasteiger partial charge in [0.05, 0.1) is 21.8 Å². The van der Waals surface area contributed by atoms with Crippen molar-refractivity contribution in [1.82, 2.24) is 0 Å². The quantitative estimate of drug-likeness (QED) is 0.545. The zero-order valence-corrected chi connectivity index (χ0v) is 13.7. The van der Waals surface area contributed by atoms with Gasteiger partial charge in [0.15, 0.2) is 0 Å². The van der Waals surface area contributed by atoms with Crippen molar-refractivity contribution in [3.63, 3.8) is 0 Å². The van der Waals surface area contributed by atoms with Crippen LogP contribution in [0.1, 0.15) is 23.6 Å². The second kappa shape index (κ2) is 5.47. The Bertz CT molecular complexity index is 673. The van der Waals surface area contributed by atoms with E-state index in [2.05, 4.69) is 27.3 Å². The van der Waals surface area contributed by atoms with Gasteiger partial charge >= 0.3 is 0 Å². The minimum atomic E-state index is 0.250. The van der Waals surface area contributed by atoms with Gasteiger partial charge in [0.25, 0.3) is 0 Å². The van der Waals surface area contributed by atoms with Crippen molar-refractivity contribution in [2.45, 2.75) is 18.9 Å². The second-order valence-electron chi connectivity index (χ2n) is 4.92. The zero-order chi connectivity index (χ0) is 14.3. The standard InChI is InChI=1S/C15H13BrCl2N2/c16-11-4-6-13(15(18)14(11)17)20-12-5-1-8-7-9(19)2-3-10(8)12/h2-4,6-7,12,20H,1,5,19H2. The SMILES string of the molecule is Nc1ccc2c(c1)CCC2Nc1ccc(Br)c(Cl)c1Cl. The van der Waals surface area contributed by atoms with Crippen LogP contribution in [0.5, 0.6) is 0 Å². The van der Waals surface area contributed by atoms with E-state index in [-0.39, 0.29) is 6.04 Å². The van der Waals surface area contributed by atoms with Crippen LogP contribution in [-0.2, 0) is 6.42 Å². The van der Waals surface area contributed by atoms with Crippen LogP contribution in [0.15, 0.2) is 34.8 Å². The Kier molecular flexibility index (Phi) is 3.85. The molecule has 0 fully saturated rings. The van der Waals surface area contributed by atoms with E-state index in [0.29, 0.717) is 10.0 Å². The molecule has 0 heterocycles. The van der Waals surface area contributed by atoms with Gasteiger partial charge in [0.2, 0.25) is 0 Å². The lowest BCUT2D eigenvalue weighted by atomic mass is 10.1. The van der Waals surface area contributed by atoms with Crippen LogP contribution >= 0.6 is 39.1 Å². The summed E-state index contributed by atoms with van der Waals surface area (Å²) in [6.45, 7) is 0. The predicted octanol–water partition coefficient (Wildman–Crippen LogP) is 5.44. The predicted molar refractivity (Wildman–Crippen MR) is 89.7 cm³/mol. The van der Waals surface area contributed by atoms with Gasteiger partial charge in [-0.05, 0) is 64.2 Å². The molecule has 1 aliphatic carbocycles. The summed E-state index contributed by atoms with van der Waals surface area (Å²) in [4.78, 5) is 0. The molecule has 0 radical (unpaired) electrons. The number of aryl methyl sites for hydroxylation is 1. The van der Waals surface area contributed by atoms with Crippen molar-refractivity contribution in [3.8, 4) is 0 Å². The smallest absolute Gasteiger partial charge is 0.0835 e. The molecule has 3 N–H and O–H groups in total. The van der Waals surface area contributed by atoms with E-state index >= 15 is 0 Å². The topological polar surface area (TPSA) is 38.0 Å². The molecule has 2 aromatic carbocycles. The van der Waals surface area contributed by atoms with E-state index in [1.807, 2.05) is 24.3 Å². The highest BCUT2D eigenvalue weighted by Crippen LogP contribution is 2.40. The molecular formula is C15H13BrCl2N2. The molecule has 20 heavy (non-hydrogen) atoms. The number of benzene rings is 2. The maximum absolute atomic E-state index is 6.28. The van der Waals surface area contributed by atoms with Gasteiger partial charge in [0, 0.05) is 10.2 Å². The van der Waals surface area contributed by atoms with Crippen molar-refractivity contribution < 1.29 is 0 Å². The van der Waals surface area contributed by atoms with Gasteiger partial charge < -0.3 is 11.1 Å². The van der Waals surface area contributed by atoms with Crippen molar-refractivity contribution in [3.05, 3.63) is 56.0 Å². The molecule has 0 saturated carbocycles. The van der Waals surface area contributed by atoms with Crippen molar-refractivity contribution in [2.24, 2.45) is 0 Å². The molecule has 0 amide bonds. The molecule has 2 nitrogen and oxygen atoms in total. The van der Waals surface area contributed by atoms with E-state index in [1.165, 1.54) is 11.1 Å². The lowest BCUT2D eigenvalue weighted by molar-refractivity contribution is 0.762. The summed E-state index contributed by atoms with van der Waals surface area (Å²) in [5, 5.41) is 4.56. The molecule has 1 atom stereocenters. The summed E-state index contributed by atoms with van der Waals surface area (Å²) < 4.78 is 0.800. The van der Waals surface area contributed by atoms with E-state index in [1.54, 1.807) is 0 Å². The summed E-state index contributed by atoms with van der Waals surface area (Å²) in [6.07, 6.45) is 2.06. The minimum absolute atomic E-state index is 0.250. The first kappa shape index (κ1) is 14.1. The molecule has 0 aromatic heterocycles. The monoisotopic (exact) mass is 370 g/mol. The summed E-state index contributed by atoms with van der Waals surface area (Å²) in [6, 6.07) is 10.2. The normalized spacial score (nSPS) is 17.1. The van der Waals surface area contributed by atoms with Crippen LogP contribution in [0, 0.1) is 0 Å². The lowest BCUT2D eigenvalue weighted by Crippen LogP contribution is -2.07. The molecule has 104 valence electrons. The average Bonchev–Trinajstić information content (AvgIpc) is 2.82. The maximum Gasteiger partial charge on any atom is 0.0835 e. The van der Waals surface area contributed by atoms with Gasteiger partial charge in [0.1, 0.15) is 0 Å². The number of nitrogen functional groups attached to an aromatic ring is 1. The highest BCUT2D eigenvalue weighted by Gasteiger charge is 2.23. The summed E-state index contributed by atoms with van der Waals surface area (Å²) in [7, 11) is 0. The number of nitrogens with one attached hydrogen (secondary N) is 1. The number of anilines is 2. The first-order chi connectivity index (χ1) is 9.56. The number of nitrogens with two attached hydrogens (primary N) is 1. The van der Waals surface area contributed by atoms with Crippen LogP contribution in [0.25, 0.3) is 0 Å². The molecule has 0 spiro atoms. The van der Waals surface area contributed by atoms with Gasteiger partial charge in [-0.2, -0.15) is 0 Å². The Labute approximate surface area is 136 Å². The van der Waals surface area contributed by atoms with Gasteiger partial charge in [-0.25, -0.2) is 0 Å². The highest BCUT2D eigenvalue weighted by molar-refractivity contribution is 9.10. The van der Waals surface area contributed by atoms with E-state index < -0.39 is 0 Å². The Hall–Kier alpha value is -0.900. The van der Waals surface area contributed by atoms with Gasteiger partial charge in [-0.3, -0.25) is 0 Å². The van der Waals surface area contributed by atoms with Crippen LogP contribution < -0.4 is 11.1 Å². The molecule has 0 bridgehead atoms. The number of halogens is 3. The van der Waals surface area contributed by atoms with Gasteiger partial charge in [-0.1, -0.05) is 29.3 Å². The maximum atomic E-state index is 6.28. The molecule has 1 aliphatic rings. The molecule has 3 rings (SSSR count). The number of hydrogen-bond donors (Lipinski definition) is 2. The Morgan fingerprint density at radius 3 is 2.75 bits per heavy atom. The fourth-order valence-electron chi connectivity index (χ4n) is 2.61. The van der Waals surface area contributed by atoms with Crippen LogP contribution in [-0.4, -0.2) is 0 Å². The van der Waals surface area contributed by atoms with Crippen LogP contribution in [0.4, 0.5) is 11.4 Å². The third kappa shape index (κ3) is 2.50. The fraction of sp³-hybridized carbons (Fsp3) is 0.200. The highest BCUT2D eigenvalue weighted by atomic mass is 79.9. The number of rotatable bonds is 2.